The van der Waals surface area contributed by atoms with Gasteiger partial charge in [0.2, 0.25) is 0 Å². The Hall–Kier alpha value is -1.52. The van der Waals surface area contributed by atoms with Crippen LogP contribution in [0.1, 0.15) is 21.7 Å². The van der Waals surface area contributed by atoms with Crippen LogP contribution in [-0.4, -0.2) is 42.3 Å². The molecule has 1 amide bonds. The van der Waals surface area contributed by atoms with Crippen molar-refractivity contribution in [2.75, 3.05) is 20.2 Å². The quantitative estimate of drug-likeness (QED) is 0.867. The SMILES string of the molecule is CN(CCC(F)(F)F)C(=O)c1csc(C#CCO)c1. The van der Waals surface area contributed by atoms with E-state index in [1.54, 1.807) is 0 Å². The molecule has 0 aliphatic rings. The highest BCUT2D eigenvalue weighted by Gasteiger charge is 2.28. The van der Waals surface area contributed by atoms with Crippen molar-refractivity contribution in [2.45, 2.75) is 12.6 Å². The van der Waals surface area contributed by atoms with Crippen molar-refractivity contribution in [3.05, 3.63) is 21.9 Å². The molecule has 0 radical (unpaired) electrons. The van der Waals surface area contributed by atoms with E-state index < -0.39 is 18.5 Å². The molecule has 1 rings (SSSR count). The lowest BCUT2D eigenvalue weighted by Gasteiger charge is -2.17. The largest absolute Gasteiger partial charge is 0.390 e. The summed E-state index contributed by atoms with van der Waals surface area (Å²) in [5.41, 5.74) is 0.303. The van der Waals surface area contributed by atoms with E-state index in [0.29, 0.717) is 10.4 Å². The van der Waals surface area contributed by atoms with Crippen LogP contribution in [0.5, 0.6) is 0 Å². The van der Waals surface area contributed by atoms with Gasteiger partial charge in [-0.15, -0.1) is 11.3 Å². The lowest BCUT2D eigenvalue weighted by atomic mass is 10.2. The first-order chi connectivity index (χ1) is 8.83. The third kappa shape index (κ3) is 5.32. The molecule has 0 fully saturated rings. The van der Waals surface area contributed by atoms with Crippen molar-refractivity contribution in [3.63, 3.8) is 0 Å². The first-order valence-corrected chi connectivity index (χ1v) is 6.22. The zero-order chi connectivity index (χ0) is 14.5. The second kappa shape index (κ2) is 6.59. The first kappa shape index (κ1) is 15.5. The number of nitrogens with zero attached hydrogens (tertiary/aromatic N) is 1. The van der Waals surface area contributed by atoms with Crippen LogP contribution in [0.15, 0.2) is 11.4 Å². The van der Waals surface area contributed by atoms with Gasteiger partial charge in [0.05, 0.1) is 16.9 Å². The summed E-state index contributed by atoms with van der Waals surface area (Å²) < 4.78 is 36.1. The average molecular weight is 291 g/mol. The molecule has 3 nitrogen and oxygen atoms in total. The van der Waals surface area contributed by atoms with Gasteiger partial charge in [-0.2, -0.15) is 13.2 Å². The highest BCUT2D eigenvalue weighted by atomic mass is 32.1. The zero-order valence-electron chi connectivity index (χ0n) is 10.1. The van der Waals surface area contributed by atoms with Crippen molar-refractivity contribution >= 4 is 17.2 Å². The monoisotopic (exact) mass is 291 g/mol. The van der Waals surface area contributed by atoms with Gasteiger partial charge in [0.25, 0.3) is 5.91 Å². The summed E-state index contributed by atoms with van der Waals surface area (Å²) in [6.45, 7) is -0.664. The summed E-state index contributed by atoms with van der Waals surface area (Å²) in [6.07, 6.45) is -5.31. The number of amides is 1. The fourth-order valence-electron chi connectivity index (χ4n) is 1.26. The fraction of sp³-hybridized carbons (Fsp3) is 0.417. The van der Waals surface area contributed by atoms with E-state index in [2.05, 4.69) is 11.8 Å². The number of hydrogen-bond acceptors (Lipinski definition) is 3. The molecule has 1 aromatic heterocycles. The summed E-state index contributed by atoms with van der Waals surface area (Å²) in [5, 5.41) is 10.1. The van der Waals surface area contributed by atoms with Crippen molar-refractivity contribution in [2.24, 2.45) is 0 Å². The maximum absolute atomic E-state index is 12.0. The van der Waals surface area contributed by atoms with Crippen molar-refractivity contribution in [3.8, 4) is 11.8 Å². The van der Waals surface area contributed by atoms with Crippen LogP contribution in [0, 0.1) is 11.8 Å². The highest BCUT2D eigenvalue weighted by Crippen LogP contribution is 2.20. The summed E-state index contributed by atoms with van der Waals surface area (Å²) >= 11 is 1.20. The van der Waals surface area contributed by atoms with Gasteiger partial charge in [-0.3, -0.25) is 4.79 Å². The van der Waals surface area contributed by atoms with Crippen LogP contribution in [-0.2, 0) is 0 Å². The Morgan fingerprint density at radius 1 is 1.53 bits per heavy atom. The molecular formula is C12H12F3NO2S. The summed E-state index contributed by atoms with van der Waals surface area (Å²) in [4.78, 5) is 13.4. The molecule has 1 heterocycles. The Morgan fingerprint density at radius 3 is 2.79 bits per heavy atom. The van der Waals surface area contributed by atoms with Crippen molar-refractivity contribution in [1.82, 2.24) is 4.90 Å². The molecule has 0 aliphatic heterocycles. The van der Waals surface area contributed by atoms with Crippen molar-refractivity contribution < 1.29 is 23.1 Å². The Balaban J connectivity index is 2.64. The third-order valence-corrected chi connectivity index (χ3v) is 3.06. The van der Waals surface area contributed by atoms with Crippen LogP contribution in [0.4, 0.5) is 13.2 Å². The van der Waals surface area contributed by atoms with Crippen molar-refractivity contribution in [1.29, 1.82) is 0 Å². The number of carbonyl (C=O) groups excluding carboxylic acids is 1. The maximum Gasteiger partial charge on any atom is 0.390 e. The first-order valence-electron chi connectivity index (χ1n) is 5.34. The number of aliphatic hydroxyl groups is 1. The van der Waals surface area contributed by atoms with Crippen LogP contribution in [0.2, 0.25) is 0 Å². The van der Waals surface area contributed by atoms with Crippen LogP contribution in [0.25, 0.3) is 0 Å². The second-order valence-corrected chi connectivity index (χ2v) is 4.66. The minimum absolute atomic E-state index is 0.285. The fourth-order valence-corrected chi connectivity index (χ4v) is 2.01. The normalized spacial score (nSPS) is 10.8. The molecule has 1 aromatic rings. The number of alkyl halides is 3. The number of carbonyl (C=O) groups is 1. The van der Waals surface area contributed by atoms with E-state index in [9.17, 15) is 18.0 Å². The Kier molecular flexibility index (Phi) is 5.39. The van der Waals surface area contributed by atoms with Gasteiger partial charge >= 0.3 is 6.18 Å². The number of aliphatic hydroxyl groups excluding tert-OH is 1. The van der Waals surface area contributed by atoms with E-state index in [1.807, 2.05) is 0 Å². The van der Waals surface area contributed by atoms with Gasteiger partial charge < -0.3 is 10.0 Å². The molecule has 0 saturated carbocycles. The molecule has 104 valence electrons. The topological polar surface area (TPSA) is 40.5 Å². The summed E-state index contributed by atoms with van der Waals surface area (Å²) in [5.74, 6) is 4.59. The lowest BCUT2D eigenvalue weighted by Crippen LogP contribution is -2.30. The standard InChI is InChI=1S/C12H12F3NO2S/c1-16(5-4-12(13,14)15)11(18)9-7-10(19-8-9)3-2-6-17/h7-8,17H,4-6H2,1H3. The van der Waals surface area contributed by atoms with Gasteiger partial charge in [-0.25, -0.2) is 0 Å². The molecular weight excluding hydrogens is 279 g/mol. The maximum atomic E-state index is 12.0. The van der Waals surface area contributed by atoms with Gasteiger partial charge in [-0.05, 0) is 6.07 Å². The molecule has 0 saturated heterocycles. The summed E-state index contributed by atoms with van der Waals surface area (Å²) in [7, 11) is 1.32. The van der Waals surface area contributed by atoms with E-state index in [-0.39, 0.29) is 13.2 Å². The average Bonchev–Trinajstić information content (AvgIpc) is 2.80. The molecule has 0 bridgehead atoms. The Labute approximate surface area is 112 Å². The molecule has 19 heavy (non-hydrogen) atoms. The predicted molar refractivity (Wildman–Crippen MR) is 65.9 cm³/mol. The summed E-state index contributed by atoms with van der Waals surface area (Å²) in [6, 6.07) is 1.50. The number of halogens is 3. The lowest BCUT2D eigenvalue weighted by molar-refractivity contribution is -0.136. The smallest absolute Gasteiger partial charge is 0.384 e. The van der Waals surface area contributed by atoms with Crippen LogP contribution in [0.3, 0.4) is 0 Å². The number of hydrogen-bond donors (Lipinski definition) is 1. The third-order valence-electron chi connectivity index (χ3n) is 2.21. The molecule has 0 aliphatic carbocycles. The zero-order valence-corrected chi connectivity index (χ0v) is 10.9. The second-order valence-electron chi connectivity index (χ2n) is 3.75. The van der Waals surface area contributed by atoms with E-state index >= 15 is 0 Å². The molecule has 0 unspecified atom stereocenters. The van der Waals surface area contributed by atoms with Gasteiger partial charge in [0.1, 0.15) is 6.61 Å². The Morgan fingerprint density at radius 2 is 2.21 bits per heavy atom. The van der Waals surface area contributed by atoms with E-state index in [0.717, 1.165) is 4.90 Å². The van der Waals surface area contributed by atoms with Gasteiger partial charge in [0.15, 0.2) is 0 Å². The van der Waals surface area contributed by atoms with E-state index in [4.69, 9.17) is 5.11 Å². The van der Waals surface area contributed by atoms with E-state index in [1.165, 1.54) is 29.8 Å². The molecule has 0 atom stereocenters. The molecule has 7 heteroatoms. The molecule has 1 N–H and O–H groups in total. The Bertz CT molecular complexity index is 499. The van der Waals surface area contributed by atoms with Gasteiger partial charge in [-0.1, -0.05) is 11.8 Å². The minimum atomic E-state index is -4.28. The minimum Gasteiger partial charge on any atom is -0.384 e. The van der Waals surface area contributed by atoms with Crippen LogP contribution < -0.4 is 0 Å². The van der Waals surface area contributed by atoms with Gasteiger partial charge in [0, 0.05) is 19.0 Å². The highest BCUT2D eigenvalue weighted by molar-refractivity contribution is 7.10. The number of thiophene rings is 1. The number of rotatable bonds is 3. The molecule has 0 aromatic carbocycles. The van der Waals surface area contributed by atoms with Crippen LogP contribution >= 0.6 is 11.3 Å². The predicted octanol–water partition coefficient (Wildman–Crippen LogP) is 2.12. The molecule has 0 spiro atoms.